The van der Waals surface area contributed by atoms with Crippen LogP contribution in [-0.4, -0.2) is 80.5 Å². The van der Waals surface area contributed by atoms with Crippen LogP contribution in [0.25, 0.3) is 6.08 Å². The van der Waals surface area contributed by atoms with E-state index in [1.54, 1.807) is 0 Å². The molecule has 0 unspecified atom stereocenters. The number of aliphatic hydroxyl groups is 4. The number of phenols is 2. The maximum atomic E-state index is 12.1. The van der Waals surface area contributed by atoms with E-state index in [1.165, 1.54) is 30.4 Å². The van der Waals surface area contributed by atoms with E-state index in [2.05, 4.69) is 23.7 Å². The van der Waals surface area contributed by atoms with Crippen LogP contribution in [0.2, 0.25) is 0 Å². The number of esters is 1. The lowest BCUT2D eigenvalue weighted by molar-refractivity contribution is -0.293. The molecule has 1 aromatic rings. The maximum absolute atomic E-state index is 12.1. The minimum Gasteiger partial charge on any atom is -0.516 e. The minimum absolute atomic E-state index is 0.123. The molecule has 35 heavy (non-hydrogen) atoms. The molecule has 1 fully saturated rings. The average Bonchev–Trinajstić information content (AvgIpc) is 2.84. The zero-order chi connectivity index (χ0) is 25.6. The Kier molecular flexibility index (Phi) is 11.6. The molecule has 1 heterocycles. The minimum atomic E-state index is -1.68. The summed E-state index contributed by atoms with van der Waals surface area (Å²) >= 11 is 0. The molecule has 1 aliphatic heterocycles. The number of carbonyl (C=O) groups is 1. The largest absolute Gasteiger partial charge is 0.516 e. The maximum Gasteiger partial charge on any atom is 0.333 e. The second-order valence-corrected chi connectivity index (χ2v) is 7.40. The molecule has 0 aromatic heterocycles. The SMILES string of the molecule is O=C(C=Cc1ccc(O)c(O)c1)O[C@@H]1O[C@H](COCCCC#CC#CCC=CO)[C@@H](O)[C@H](O)[C@H]1O. The summed E-state index contributed by atoms with van der Waals surface area (Å²) in [7, 11) is 0. The van der Waals surface area contributed by atoms with Crippen molar-refractivity contribution in [2.45, 2.75) is 50.0 Å². The van der Waals surface area contributed by atoms with Crippen molar-refractivity contribution in [2.24, 2.45) is 0 Å². The molecule has 0 saturated carbocycles. The van der Waals surface area contributed by atoms with Crippen molar-refractivity contribution >= 4 is 12.0 Å². The number of hydrogen-bond acceptors (Lipinski definition) is 10. The first-order valence-corrected chi connectivity index (χ1v) is 10.8. The third kappa shape index (κ3) is 9.33. The molecule has 1 aromatic carbocycles. The molecule has 6 N–H and O–H groups in total. The first-order valence-electron chi connectivity index (χ1n) is 10.8. The topological polar surface area (TPSA) is 166 Å². The van der Waals surface area contributed by atoms with Crippen LogP contribution in [0.5, 0.6) is 11.5 Å². The predicted molar refractivity (Wildman–Crippen MR) is 124 cm³/mol. The van der Waals surface area contributed by atoms with Gasteiger partial charge in [-0.3, -0.25) is 0 Å². The number of unbranched alkanes of at least 4 members (excludes halogenated alkanes) is 1. The lowest BCUT2D eigenvalue weighted by atomic mass is 9.99. The van der Waals surface area contributed by atoms with Gasteiger partial charge in [-0.2, -0.15) is 0 Å². The van der Waals surface area contributed by atoms with Crippen LogP contribution in [0.4, 0.5) is 0 Å². The van der Waals surface area contributed by atoms with Crippen LogP contribution in [0, 0.1) is 23.7 Å². The van der Waals surface area contributed by atoms with E-state index in [-0.39, 0.29) is 24.7 Å². The second-order valence-electron chi connectivity index (χ2n) is 7.40. The van der Waals surface area contributed by atoms with Crippen LogP contribution in [-0.2, 0) is 19.0 Å². The molecule has 1 aliphatic rings. The lowest BCUT2D eigenvalue weighted by Gasteiger charge is -2.39. The quantitative estimate of drug-likeness (QED) is 0.0728. The molecular formula is C25H28O10. The van der Waals surface area contributed by atoms with Crippen molar-refractivity contribution in [1.82, 2.24) is 0 Å². The van der Waals surface area contributed by atoms with Gasteiger partial charge in [-0.25, -0.2) is 4.79 Å². The van der Waals surface area contributed by atoms with E-state index in [0.29, 0.717) is 24.8 Å². The van der Waals surface area contributed by atoms with Crippen LogP contribution in [0.15, 0.2) is 36.6 Å². The van der Waals surface area contributed by atoms with E-state index in [4.69, 9.17) is 19.3 Å². The number of allylic oxidation sites excluding steroid dienone is 1. The third-order valence-corrected chi connectivity index (χ3v) is 4.75. The fourth-order valence-electron chi connectivity index (χ4n) is 2.89. The van der Waals surface area contributed by atoms with E-state index >= 15 is 0 Å². The van der Waals surface area contributed by atoms with Crippen LogP contribution in [0.3, 0.4) is 0 Å². The molecular weight excluding hydrogens is 460 g/mol. The molecule has 5 atom stereocenters. The van der Waals surface area contributed by atoms with Crippen molar-refractivity contribution in [1.29, 1.82) is 0 Å². The molecule has 10 nitrogen and oxygen atoms in total. The molecule has 0 amide bonds. The second kappa shape index (κ2) is 14.7. The number of ether oxygens (including phenoxy) is 3. The lowest BCUT2D eigenvalue weighted by Crippen LogP contribution is -2.59. The number of carbonyl (C=O) groups excluding carboxylic acids is 1. The van der Waals surface area contributed by atoms with Crippen LogP contribution >= 0.6 is 0 Å². The van der Waals surface area contributed by atoms with Gasteiger partial charge in [-0.15, -0.1) is 0 Å². The van der Waals surface area contributed by atoms with Gasteiger partial charge in [0.1, 0.15) is 24.4 Å². The summed E-state index contributed by atoms with van der Waals surface area (Å²) in [5.74, 6) is 9.30. The van der Waals surface area contributed by atoms with Gasteiger partial charge in [0.2, 0.25) is 6.29 Å². The fourth-order valence-corrected chi connectivity index (χ4v) is 2.89. The Morgan fingerprint density at radius 2 is 1.83 bits per heavy atom. The highest BCUT2D eigenvalue weighted by Crippen LogP contribution is 2.26. The number of hydrogen-bond donors (Lipinski definition) is 6. The van der Waals surface area contributed by atoms with Crippen molar-refractivity contribution in [2.75, 3.05) is 13.2 Å². The van der Waals surface area contributed by atoms with Crippen molar-refractivity contribution in [3.05, 3.63) is 42.2 Å². The highest BCUT2D eigenvalue weighted by Gasteiger charge is 2.45. The Hall–Kier alpha value is -3.51. The van der Waals surface area contributed by atoms with Gasteiger partial charge in [0.15, 0.2) is 11.5 Å². The first-order chi connectivity index (χ1) is 16.8. The Labute approximate surface area is 202 Å². The number of aliphatic hydroxyl groups excluding tert-OH is 4. The Balaban J connectivity index is 1.80. The zero-order valence-corrected chi connectivity index (χ0v) is 18.8. The molecule has 0 bridgehead atoms. The number of rotatable bonds is 9. The van der Waals surface area contributed by atoms with Crippen LogP contribution < -0.4 is 0 Å². The zero-order valence-electron chi connectivity index (χ0n) is 18.8. The monoisotopic (exact) mass is 488 g/mol. The molecule has 2 rings (SSSR count). The number of phenolic OH excluding ortho intramolecular Hbond substituents is 2. The van der Waals surface area contributed by atoms with Gasteiger partial charge in [0.25, 0.3) is 0 Å². The molecule has 0 aliphatic carbocycles. The highest BCUT2D eigenvalue weighted by atomic mass is 16.7. The summed E-state index contributed by atoms with van der Waals surface area (Å²) in [4.78, 5) is 12.1. The average molecular weight is 488 g/mol. The molecule has 1 saturated heterocycles. The number of aromatic hydroxyl groups is 2. The predicted octanol–water partition coefficient (Wildman–Crippen LogP) is 0.727. The molecule has 10 heteroatoms. The first kappa shape index (κ1) is 27.7. The normalized spacial score (nSPS) is 23.9. The van der Waals surface area contributed by atoms with Crippen molar-refractivity contribution in [3.63, 3.8) is 0 Å². The number of benzene rings is 1. The van der Waals surface area contributed by atoms with Gasteiger partial charge in [-0.05, 0) is 48.1 Å². The summed E-state index contributed by atoms with van der Waals surface area (Å²) in [6.45, 7) is 0.162. The van der Waals surface area contributed by atoms with Gasteiger partial charge in [0, 0.05) is 25.5 Å². The molecule has 0 radical (unpaired) electrons. The summed E-state index contributed by atoms with van der Waals surface area (Å²) in [6, 6.07) is 3.93. The summed E-state index contributed by atoms with van der Waals surface area (Å²) in [5, 5.41) is 57.6. The Morgan fingerprint density at radius 1 is 1.06 bits per heavy atom. The highest BCUT2D eigenvalue weighted by molar-refractivity contribution is 5.87. The summed E-state index contributed by atoms with van der Waals surface area (Å²) < 4.78 is 15.9. The van der Waals surface area contributed by atoms with E-state index in [9.17, 15) is 30.3 Å². The van der Waals surface area contributed by atoms with Crippen molar-refractivity contribution < 1.29 is 49.6 Å². The van der Waals surface area contributed by atoms with Gasteiger partial charge in [-0.1, -0.05) is 17.9 Å². The molecule has 188 valence electrons. The smallest absolute Gasteiger partial charge is 0.333 e. The Morgan fingerprint density at radius 3 is 2.57 bits per heavy atom. The van der Waals surface area contributed by atoms with Gasteiger partial charge in [0.05, 0.1) is 12.9 Å². The van der Waals surface area contributed by atoms with E-state index in [1.807, 2.05) is 0 Å². The summed E-state index contributed by atoms with van der Waals surface area (Å²) in [6.07, 6.45) is -1.12. The Bertz CT molecular complexity index is 1010. The van der Waals surface area contributed by atoms with Gasteiger partial charge < -0.3 is 44.8 Å². The fraction of sp³-hybridized carbons (Fsp3) is 0.400. The van der Waals surface area contributed by atoms with E-state index in [0.717, 1.165) is 12.3 Å². The third-order valence-electron chi connectivity index (χ3n) is 4.75. The van der Waals surface area contributed by atoms with E-state index < -0.39 is 36.7 Å². The molecule has 0 spiro atoms. The van der Waals surface area contributed by atoms with Crippen molar-refractivity contribution in [3.8, 4) is 35.2 Å². The summed E-state index contributed by atoms with van der Waals surface area (Å²) in [5.41, 5.74) is 0.402. The van der Waals surface area contributed by atoms with Crippen LogP contribution in [0.1, 0.15) is 24.8 Å². The standard InChI is InChI=1S/C25H28O10/c26-13-7-5-3-1-2-4-6-8-14-33-16-20-22(30)23(31)24(32)25(34-20)35-21(29)12-10-17-9-11-18(27)19(28)15-17/h7,9-13,15,20,22-28,30-32H,5-6,8,14,16H2/t20-,22-,23+,24-,25+/m1/s1. The van der Waals surface area contributed by atoms with Gasteiger partial charge >= 0.3 is 5.97 Å².